The van der Waals surface area contributed by atoms with Gasteiger partial charge in [0.1, 0.15) is 4.88 Å². The van der Waals surface area contributed by atoms with Crippen molar-refractivity contribution in [3.05, 3.63) is 16.3 Å². The maximum atomic E-state index is 12.5. The van der Waals surface area contributed by atoms with Gasteiger partial charge in [-0.05, 0) is 37.6 Å². The van der Waals surface area contributed by atoms with Crippen LogP contribution in [0.1, 0.15) is 49.2 Å². The molecule has 1 aromatic heterocycles. The Balaban J connectivity index is 1.91. The van der Waals surface area contributed by atoms with Gasteiger partial charge in [0.05, 0.1) is 25.3 Å². The highest BCUT2D eigenvalue weighted by molar-refractivity contribution is 7.12. The van der Waals surface area contributed by atoms with Gasteiger partial charge in [-0.2, -0.15) is 0 Å². The minimum atomic E-state index is -0.463. The molecule has 1 fully saturated rings. The molecule has 0 spiro atoms. The number of hydrogen-bond acceptors (Lipinski definition) is 6. The van der Waals surface area contributed by atoms with Gasteiger partial charge in [-0.1, -0.05) is 13.3 Å². The van der Waals surface area contributed by atoms with Crippen molar-refractivity contribution < 1.29 is 19.1 Å². The lowest BCUT2D eigenvalue weighted by atomic mass is 9.92. The normalized spacial score (nSPS) is 20.1. The SMILES string of the molecule is CCCCNC(=O)C1CCC(C)N(CC(=O)Nc2ccsc2C(=O)OC)C1. The molecule has 2 unspecified atom stereocenters. The lowest BCUT2D eigenvalue weighted by Crippen LogP contribution is -2.49. The van der Waals surface area contributed by atoms with Gasteiger partial charge in [0, 0.05) is 19.1 Å². The number of likely N-dealkylation sites (tertiary alicyclic amines) is 1. The molecule has 8 heteroatoms. The number of piperidine rings is 1. The van der Waals surface area contributed by atoms with E-state index in [2.05, 4.69) is 24.5 Å². The average molecular weight is 396 g/mol. The Morgan fingerprint density at radius 3 is 2.81 bits per heavy atom. The van der Waals surface area contributed by atoms with Crippen molar-refractivity contribution in [2.75, 3.05) is 32.1 Å². The maximum Gasteiger partial charge on any atom is 0.350 e. The van der Waals surface area contributed by atoms with Crippen LogP contribution in [0, 0.1) is 5.92 Å². The van der Waals surface area contributed by atoms with Crippen molar-refractivity contribution >= 4 is 34.8 Å². The van der Waals surface area contributed by atoms with E-state index >= 15 is 0 Å². The predicted molar refractivity (Wildman–Crippen MR) is 106 cm³/mol. The fourth-order valence-electron chi connectivity index (χ4n) is 3.18. The summed E-state index contributed by atoms with van der Waals surface area (Å²) in [4.78, 5) is 38.9. The molecule has 1 saturated heterocycles. The minimum Gasteiger partial charge on any atom is -0.465 e. The summed E-state index contributed by atoms with van der Waals surface area (Å²) < 4.78 is 4.73. The van der Waals surface area contributed by atoms with Crippen LogP contribution in [0.25, 0.3) is 0 Å². The third kappa shape index (κ3) is 6.04. The molecule has 2 amide bonds. The quantitative estimate of drug-likeness (QED) is 0.522. The van der Waals surface area contributed by atoms with E-state index in [-0.39, 0.29) is 30.3 Å². The monoisotopic (exact) mass is 395 g/mol. The first-order chi connectivity index (χ1) is 13.0. The molecule has 0 aliphatic carbocycles. The van der Waals surface area contributed by atoms with Gasteiger partial charge in [0.15, 0.2) is 0 Å². The molecule has 0 radical (unpaired) electrons. The molecule has 2 rings (SSSR count). The van der Waals surface area contributed by atoms with Gasteiger partial charge in [0.25, 0.3) is 0 Å². The lowest BCUT2D eigenvalue weighted by Gasteiger charge is -2.36. The smallest absolute Gasteiger partial charge is 0.350 e. The van der Waals surface area contributed by atoms with Crippen LogP contribution in [0.4, 0.5) is 5.69 Å². The van der Waals surface area contributed by atoms with Crippen LogP contribution < -0.4 is 10.6 Å². The van der Waals surface area contributed by atoms with Crippen molar-refractivity contribution in [3.63, 3.8) is 0 Å². The molecular weight excluding hydrogens is 366 g/mol. The summed E-state index contributed by atoms with van der Waals surface area (Å²) in [6.07, 6.45) is 3.74. The van der Waals surface area contributed by atoms with Crippen molar-refractivity contribution in [2.45, 2.75) is 45.6 Å². The van der Waals surface area contributed by atoms with Gasteiger partial charge in [0.2, 0.25) is 11.8 Å². The Labute approximate surface area is 164 Å². The zero-order valence-electron chi connectivity index (χ0n) is 16.2. The number of hydrogen-bond donors (Lipinski definition) is 2. The Morgan fingerprint density at radius 2 is 2.11 bits per heavy atom. The molecule has 2 heterocycles. The predicted octanol–water partition coefficient (Wildman–Crippen LogP) is 2.49. The Hall–Kier alpha value is -1.93. The largest absolute Gasteiger partial charge is 0.465 e. The molecule has 0 saturated carbocycles. The first-order valence-corrected chi connectivity index (χ1v) is 10.3. The van der Waals surface area contributed by atoms with Crippen molar-refractivity contribution in [1.82, 2.24) is 10.2 Å². The molecule has 0 aromatic carbocycles. The molecule has 150 valence electrons. The van der Waals surface area contributed by atoms with Crippen molar-refractivity contribution in [3.8, 4) is 0 Å². The molecule has 2 N–H and O–H groups in total. The van der Waals surface area contributed by atoms with E-state index in [4.69, 9.17) is 4.74 Å². The summed E-state index contributed by atoms with van der Waals surface area (Å²) in [5, 5.41) is 7.51. The van der Waals surface area contributed by atoms with E-state index in [0.717, 1.165) is 25.7 Å². The summed E-state index contributed by atoms with van der Waals surface area (Å²) in [7, 11) is 1.31. The second-order valence-corrected chi connectivity index (χ2v) is 7.82. The van der Waals surface area contributed by atoms with Crippen LogP contribution in [0.2, 0.25) is 0 Å². The summed E-state index contributed by atoms with van der Waals surface area (Å²) in [5.74, 6) is -0.669. The number of amides is 2. The zero-order chi connectivity index (χ0) is 19.8. The molecule has 1 aliphatic heterocycles. The standard InChI is InChI=1S/C19H29N3O4S/c1-4-5-9-20-18(24)14-7-6-13(2)22(11-14)12-16(23)21-15-8-10-27-17(15)19(25)26-3/h8,10,13-14H,4-7,9,11-12H2,1-3H3,(H,20,24)(H,21,23). The fourth-order valence-corrected chi connectivity index (χ4v) is 3.94. The van der Waals surface area contributed by atoms with Crippen LogP contribution >= 0.6 is 11.3 Å². The van der Waals surface area contributed by atoms with E-state index in [1.165, 1.54) is 18.4 Å². The number of ether oxygens (including phenoxy) is 1. The number of carbonyl (C=O) groups excluding carboxylic acids is 3. The number of thiophene rings is 1. The lowest BCUT2D eigenvalue weighted by molar-refractivity contribution is -0.128. The van der Waals surface area contributed by atoms with E-state index in [9.17, 15) is 14.4 Å². The van der Waals surface area contributed by atoms with Gasteiger partial charge in [-0.3, -0.25) is 14.5 Å². The molecule has 0 bridgehead atoms. The number of carbonyl (C=O) groups is 3. The fraction of sp³-hybridized carbons (Fsp3) is 0.632. The zero-order valence-corrected chi connectivity index (χ0v) is 17.1. The van der Waals surface area contributed by atoms with Crippen molar-refractivity contribution in [2.24, 2.45) is 5.92 Å². The number of nitrogens with one attached hydrogen (secondary N) is 2. The van der Waals surface area contributed by atoms with E-state index < -0.39 is 5.97 Å². The third-order valence-corrected chi connectivity index (χ3v) is 5.76. The van der Waals surface area contributed by atoms with Gasteiger partial charge in [-0.15, -0.1) is 11.3 Å². The van der Waals surface area contributed by atoms with Crippen LogP contribution in [0.15, 0.2) is 11.4 Å². The Bertz CT molecular complexity index is 661. The van der Waals surface area contributed by atoms with Gasteiger partial charge in [-0.25, -0.2) is 4.79 Å². The first-order valence-electron chi connectivity index (χ1n) is 9.43. The first kappa shape index (κ1) is 21.4. The van der Waals surface area contributed by atoms with Gasteiger partial charge >= 0.3 is 5.97 Å². The third-order valence-electron chi connectivity index (χ3n) is 4.87. The number of nitrogens with zero attached hydrogens (tertiary/aromatic N) is 1. The summed E-state index contributed by atoms with van der Waals surface area (Å²) >= 11 is 1.23. The van der Waals surface area contributed by atoms with Crippen LogP contribution in [0.5, 0.6) is 0 Å². The van der Waals surface area contributed by atoms with Crippen molar-refractivity contribution in [1.29, 1.82) is 0 Å². The molecule has 1 aromatic rings. The van der Waals surface area contributed by atoms with E-state index in [1.54, 1.807) is 11.4 Å². The average Bonchev–Trinajstić information content (AvgIpc) is 3.10. The highest BCUT2D eigenvalue weighted by Crippen LogP contribution is 2.24. The number of rotatable bonds is 8. The van der Waals surface area contributed by atoms with E-state index in [0.29, 0.717) is 23.7 Å². The number of methoxy groups -OCH3 is 1. The van der Waals surface area contributed by atoms with E-state index in [1.807, 2.05) is 4.90 Å². The highest BCUT2D eigenvalue weighted by Gasteiger charge is 2.31. The second-order valence-electron chi connectivity index (χ2n) is 6.90. The number of esters is 1. The second kappa shape index (κ2) is 10.4. The number of anilines is 1. The van der Waals surface area contributed by atoms with Crippen LogP contribution in [-0.4, -0.2) is 55.5 Å². The molecule has 7 nitrogen and oxygen atoms in total. The summed E-state index contributed by atoms with van der Waals surface area (Å²) in [6, 6.07) is 1.93. The summed E-state index contributed by atoms with van der Waals surface area (Å²) in [5.41, 5.74) is 0.468. The van der Waals surface area contributed by atoms with Gasteiger partial charge < -0.3 is 15.4 Å². The van der Waals surface area contributed by atoms with Crippen LogP contribution in [-0.2, 0) is 14.3 Å². The molecule has 27 heavy (non-hydrogen) atoms. The maximum absolute atomic E-state index is 12.5. The highest BCUT2D eigenvalue weighted by atomic mass is 32.1. The topological polar surface area (TPSA) is 87.7 Å². The molecular formula is C19H29N3O4S. The minimum absolute atomic E-state index is 0.0755. The Morgan fingerprint density at radius 1 is 1.33 bits per heavy atom. The molecule has 1 aliphatic rings. The van der Waals surface area contributed by atoms with Crippen LogP contribution in [0.3, 0.4) is 0 Å². The number of unbranched alkanes of at least 4 members (excludes halogenated alkanes) is 1. The Kier molecular flexibility index (Phi) is 8.24. The molecule has 2 atom stereocenters. The summed E-state index contributed by atoms with van der Waals surface area (Å²) in [6.45, 7) is 5.63.